The molecule has 0 amide bonds. The van der Waals surface area contributed by atoms with E-state index in [2.05, 4.69) is 11.8 Å². The Hall–Kier alpha value is -0.160. The summed E-state index contributed by atoms with van der Waals surface area (Å²) in [6.07, 6.45) is 3.12. The molecule has 1 fully saturated rings. The van der Waals surface area contributed by atoms with Crippen LogP contribution in [0.15, 0.2) is 0 Å². The van der Waals surface area contributed by atoms with Crippen molar-refractivity contribution in [3.8, 4) is 0 Å². The fourth-order valence-corrected chi connectivity index (χ4v) is 2.41. The van der Waals surface area contributed by atoms with Crippen LogP contribution in [0.2, 0.25) is 0 Å². The van der Waals surface area contributed by atoms with Gasteiger partial charge in [0, 0.05) is 25.1 Å². The van der Waals surface area contributed by atoms with Crippen LogP contribution in [-0.4, -0.2) is 61.2 Å². The van der Waals surface area contributed by atoms with E-state index in [-0.39, 0.29) is 18.6 Å². The van der Waals surface area contributed by atoms with Gasteiger partial charge in [0.25, 0.3) is 0 Å². The van der Waals surface area contributed by atoms with Gasteiger partial charge < -0.3 is 19.8 Å². The minimum atomic E-state index is -0.109. The van der Waals surface area contributed by atoms with Gasteiger partial charge in [-0.2, -0.15) is 0 Å². The molecule has 4 heteroatoms. The molecule has 0 aromatic heterocycles. The molecule has 1 atom stereocenters. The van der Waals surface area contributed by atoms with Crippen LogP contribution in [0.5, 0.6) is 0 Å². The molecule has 1 aliphatic rings. The van der Waals surface area contributed by atoms with Crippen LogP contribution >= 0.6 is 0 Å². The Kier molecular flexibility index (Phi) is 6.28. The van der Waals surface area contributed by atoms with Crippen molar-refractivity contribution in [3.63, 3.8) is 0 Å². The molecule has 0 radical (unpaired) electrons. The summed E-state index contributed by atoms with van der Waals surface area (Å²) < 4.78 is 5.48. The maximum Gasteiger partial charge on any atom is 0.0558 e. The summed E-state index contributed by atoms with van der Waals surface area (Å²) in [4.78, 5) is 2.23. The predicted molar refractivity (Wildman–Crippen MR) is 63.4 cm³/mol. The molecule has 2 N–H and O–H groups in total. The lowest BCUT2D eigenvalue weighted by atomic mass is 9.82. The van der Waals surface area contributed by atoms with Crippen molar-refractivity contribution >= 4 is 0 Å². The van der Waals surface area contributed by atoms with Crippen molar-refractivity contribution in [3.05, 3.63) is 0 Å². The first-order chi connectivity index (χ1) is 7.76. The fourth-order valence-electron chi connectivity index (χ4n) is 2.41. The van der Waals surface area contributed by atoms with Gasteiger partial charge >= 0.3 is 0 Å². The summed E-state index contributed by atoms with van der Waals surface area (Å²) in [5.74, 6) is 0. The number of nitrogens with zero attached hydrogens (tertiary/aromatic N) is 1. The minimum Gasteiger partial charge on any atom is -0.396 e. The van der Waals surface area contributed by atoms with E-state index in [4.69, 9.17) is 9.84 Å². The second kappa shape index (κ2) is 7.22. The van der Waals surface area contributed by atoms with Gasteiger partial charge in [0.05, 0.1) is 19.8 Å². The second-order valence-corrected chi connectivity index (χ2v) is 4.81. The third-order valence-corrected chi connectivity index (χ3v) is 3.25. The molecular weight excluding hydrogens is 206 g/mol. The average Bonchev–Trinajstić information content (AvgIpc) is 2.31. The van der Waals surface area contributed by atoms with Crippen molar-refractivity contribution < 1.29 is 14.9 Å². The van der Waals surface area contributed by atoms with Gasteiger partial charge in [-0.3, -0.25) is 0 Å². The van der Waals surface area contributed by atoms with Crippen molar-refractivity contribution in [2.75, 3.05) is 46.1 Å². The maximum atomic E-state index is 9.56. The van der Waals surface area contributed by atoms with Gasteiger partial charge in [0.15, 0.2) is 0 Å². The van der Waals surface area contributed by atoms with Crippen LogP contribution < -0.4 is 0 Å². The summed E-state index contributed by atoms with van der Waals surface area (Å²) in [6.45, 7) is 6.45. The number of rotatable bonds is 7. The maximum absolute atomic E-state index is 9.56. The van der Waals surface area contributed by atoms with Crippen molar-refractivity contribution in [1.82, 2.24) is 4.90 Å². The van der Waals surface area contributed by atoms with Crippen LogP contribution in [0.3, 0.4) is 0 Å². The quantitative estimate of drug-likeness (QED) is 0.669. The molecule has 0 aromatic rings. The summed E-state index contributed by atoms with van der Waals surface area (Å²) in [5, 5.41) is 18.6. The molecule has 1 saturated heterocycles. The van der Waals surface area contributed by atoms with E-state index in [1.165, 1.54) is 0 Å². The third-order valence-electron chi connectivity index (χ3n) is 3.25. The molecule has 1 rings (SSSR count). The predicted octanol–water partition coefficient (Wildman–Crippen LogP) is 0.480. The Balaban J connectivity index is 2.50. The number of hydrogen-bond donors (Lipinski definition) is 2. The highest BCUT2D eigenvalue weighted by molar-refractivity contribution is 4.84. The Morgan fingerprint density at radius 3 is 2.62 bits per heavy atom. The smallest absolute Gasteiger partial charge is 0.0558 e. The lowest BCUT2D eigenvalue weighted by Crippen LogP contribution is -2.46. The Morgan fingerprint density at radius 2 is 2.12 bits per heavy atom. The van der Waals surface area contributed by atoms with Gasteiger partial charge in [-0.15, -0.1) is 0 Å². The number of hydrogen-bond acceptors (Lipinski definition) is 4. The first kappa shape index (κ1) is 13.9. The van der Waals surface area contributed by atoms with Gasteiger partial charge in [0.1, 0.15) is 0 Å². The molecule has 16 heavy (non-hydrogen) atoms. The van der Waals surface area contributed by atoms with Crippen LogP contribution in [0.4, 0.5) is 0 Å². The molecule has 0 spiro atoms. The Morgan fingerprint density at radius 1 is 1.31 bits per heavy atom. The zero-order valence-electron chi connectivity index (χ0n) is 10.3. The van der Waals surface area contributed by atoms with E-state index < -0.39 is 0 Å². The number of ether oxygens (including phenoxy) is 1. The molecule has 4 nitrogen and oxygen atoms in total. The van der Waals surface area contributed by atoms with Crippen molar-refractivity contribution in [2.45, 2.75) is 26.2 Å². The monoisotopic (exact) mass is 231 g/mol. The number of aliphatic hydroxyl groups is 2. The second-order valence-electron chi connectivity index (χ2n) is 4.81. The normalized spacial score (nSPS) is 26.2. The zero-order chi connectivity index (χ0) is 11.9. The van der Waals surface area contributed by atoms with Gasteiger partial charge in [0.2, 0.25) is 0 Å². The summed E-state index contributed by atoms with van der Waals surface area (Å²) in [5.41, 5.74) is -0.109. The zero-order valence-corrected chi connectivity index (χ0v) is 10.3. The lowest BCUT2D eigenvalue weighted by Gasteiger charge is -2.39. The van der Waals surface area contributed by atoms with E-state index in [1.807, 2.05) is 0 Å². The SMILES string of the molecule is CCCN(CCO)CC1(CO)CCCOC1. The first-order valence-corrected chi connectivity index (χ1v) is 6.28. The summed E-state index contributed by atoms with van der Waals surface area (Å²) >= 11 is 0. The topological polar surface area (TPSA) is 52.9 Å². The van der Waals surface area contributed by atoms with Crippen LogP contribution in [-0.2, 0) is 4.74 Å². The average molecular weight is 231 g/mol. The number of aliphatic hydroxyl groups excluding tert-OH is 2. The molecule has 0 bridgehead atoms. The first-order valence-electron chi connectivity index (χ1n) is 6.28. The van der Waals surface area contributed by atoms with E-state index in [1.54, 1.807) is 0 Å². The Labute approximate surface area is 98.2 Å². The lowest BCUT2D eigenvalue weighted by molar-refractivity contribution is -0.0566. The van der Waals surface area contributed by atoms with Crippen LogP contribution in [0.25, 0.3) is 0 Å². The molecular formula is C12H25NO3. The highest BCUT2D eigenvalue weighted by Crippen LogP contribution is 2.29. The van der Waals surface area contributed by atoms with E-state index >= 15 is 0 Å². The van der Waals surface area contributed by atoms with Gasteiger partial charge in [-0.1, -0.05) is 6.92 Å². The minimum absolute atomic E-state index is 0.109. The van der Waals surface area contributed by atoms with E-state index in [9.17, 15) is 5.11 Å². The third kappa shape index (κ3) is 4.01. The molecule has 1 unspecified atom stereocenters. The Bertz CT molecular complexity index is 175. The van der Waals surface area contributed by atoms with Gasteiger partial charge in [-0.25, -0.2) is 0 Å². The summed E-state index contributed by atoms with van der Waals surface area (Å²) in [7, 11) is 0. The van der Waals surface area contributed by atoms with Crippen molar-refractivity contribution in [1.29, 1.82) is 0 Å². The molecule has 0 aromatic carbocycles. The van der Waals surface area contributed by atoms with Gasteiger partial charge in [-0.05, 0) is 25.8 Å². The summed E-state index contributed by atoms with van der Waals surface area (Å²) in [6, 6.07) is 0. The van der Waals surface area contributed by atoms with Crippen molar-refractivity contribution in [2.24, 2.45) is 5.41 Å². The molecule has 1 heterocycles. The fraction of sp³-hybridized carbons (Fsp3) is 1.00. The largest absolute Gasteiger partial charge is 0.396 e. The standard InChI is InChI=1S/C12H25NO3/c1-2-5-13(6-7-14)9-12(10-15)4-3-8-16-11-12/h14-15H,2-11H2,1H3. The van der Waals surface area contributed by atoms with E-state index in [0.29, 0.717) is 13.2 Å². The highest BCUT2D eigenvalue weighted by Gasteiger charge is 2.33. The van der Waals surface area contributed by atoms with Crippen LogP contribution in [0.1, 0.15) is 26.2 Å². The highest BCUT2D eigenvalue weighted by atomic mass is 16.5. The van der Waals surface area contributed by atoms with Crippen LogP contribution in [0, 0.1) is 5.41 Å². The molecule has 0 aliphatic carbocycles. The molecule has 1 aliphatic heterocycles. The van der Waals surface area contributed by atoms with E-state index in [0.717, 1.165) is 39.0 Å². The molecule has 0 saturated carbocycles. The molecule has 96 valence electrons.